The fourth-order valence-corrected chi connectivity index (χ4v) is 3.68. The molecule has 1 aliphatic carbocycles. The lowest BCUT2D eigenvalue weighted by Gasteiger charge is -2.19. The lowest BCUT2D eigenvalue weighted by molar-refractivity contribution is 0.0696. The molecule has 0 saturated heterocycles. The molecule has 2 aromatic heterocycles. The van der Waals surface area contributed by atoms with Crippen LogP contribution >= 0.6 is 0 Å². The Labute approximate surface area is 156 Å². The first-order valence-electron chi connectivity index (χ1n) is 9.01. The van der Waals surface area contributed by atoms with Gasteiger partial charge in [0.15, 0.2) is 0 Å². The number of carboxylic acids is 1. The topological polar surface area (TPSA) is 71.7 Å². The third kappa shape index (κ3) is 3.05. The Hall–Kier alpha value is -3.21. The molecule has 1 aliphatic rings. The number of hydrogen-bond acceptors (Lipinski definition) is 3. The molecule has 5 nitrogen and oxygen atoms in total. The molecular weight excluding hydrogens is 340 g/mol. The quantitative estimate of drug-likeness (QED) is 0.753. The Balaban J connectivity index is 1.91. The molecule has 1 aromatic carbocycles. The van der Waals surface area contributed by atoms with Gasteiger partial charge in [0.05, 0.1) is 11.3 Å². The number of carboxylic acid groups (broad SMARTS) is 1. The number of fused-ring (bicyclic) bond motifs is 2. The van der Waals surface area contributed by atoms with E-state index in [4.69, 9.17) is 4.98 Å². The number of aryl methyl sites for hydroxylation is 2. The van der Waals surface area contributed by atoms with Crippen molar-refractivity contribution in [2.45, 2.75) is 33.1 Å². The maximum Gasteiger partial charge on any atom is 0.337 e. The van der Waals surface area contributed by atoms with E-state index in [1.54, 1.807) is 6.07 Å². The number of benzene rings is 1. The third-order valence-electron chi connectivity index (χ3n) is 5.10. The second-order valence-corrected chi connectivity index (χ2v) is 7.08. The summed E-state index contributed by atoms with van der Waals surface area (Å²) in [5, 5.41) is 9.18. The van der Waals surface area contributed by atoms with Gasteiger partial charge in [-0.2, -0.15) is 0 Å². The van der Waals surface area contributed by atoms with Crippen molar-refractivity contribution >= 4 is 23.3 Å². The third-order valence-corrected chi connectivity index (χ3v) is 5.10. The maximum atomic E-state index is 13.0. The van der Waals surface area contributed by atoms with Gasteiger partial charge in [-0.15, -0.1) is 0 Å². The molecule has 1 N–H and O–H groups in total. The summed E-state index contributed by atoms with van der Waals surface area (Å²) in [6, 6.07) is 9.39. The van der Waals surface area contributed by atoms with Crippen molar-refractivity contribution in [2.24, 2.45) is 0 Å². The lowest BCUT2D eigenvalue weighted by atomic mass is 9.90. The Morgan fingerprint density at radius 3 is 2.74 bits per heavy atom. The van der Waals surface area contributed by atoms with E-state index in [0.717, 1.165) is 29.7 Å². The van der Waals surface area contributed by atoms with Crippen LogP contribution in [0.4, 0.5) is 0 Å². The normalized spacial score (nSPS) is 15.1. The minimum absolute atomic E-state index is 0.0770. The van der Waals surface area contributed by atoms with Crippen molar-refractivity contribution in [2.75, 3.05) is 0 Å². The molecule has 0 amide bonds. The van der Waals surface area contributed by atoms with E-state index in [9.17, 15) is 14.7 Å². The smallest absolute Gasteiger partial charge is 0.337 e. The zero-order valence-corrected chi connectivity index (χ0v) is 15.3. The zero-order chi connectivity index (χ0) is 19.1. The van der Waals surface area contributed by atoms with Crippen LogP contribution in [0.25, 0.3) is 17.3 Å². The number of carbonyl (C=O) groups is 1. The summed E-state index contributed by atoms with van der Waals surface area (Å²) in [4.78, 5) is 28.9. The van der Waals surface area contributed by atoms with Crippen LogP contribution in [0.5, 0.6) is 0 Å². The first kappa shape index (κ1) is 17.2. The van der Waals surface area contributed by atoms with Gasteiger partial charge in [0.1, 0.15) is 5.65 Å². The molecule has 4 rings (SSSR count). The van der Waals surface area contributed by atoms with Gasteiger partial charge in [0, 0.05) is 11.8 Å². The van der Waals surface area contributed by atoms with Gasteiger partial charge >= 0.3 is 5.97 Å². The van der Waals surface area contributed by atoms with Gasteiger partial charge < -0.3 is 5.11 Å². The number of aromatic carboxylic acids is 1. The molecule has 0 unspecified atom stereocenters. The van der Waals surface area contributed by atoms with Crippen LogP contribution in [-0.4, -0.2) is 20.5 Å². The lowest BCUT2D eigenvalue weighted by Crippen LogP contribution is -2.25. The molecule has 2 heterocycles. The number of allylic oxidation sites excluding steroid dienone is 1. The molecule has 0 fully saturated rings. The van der Waals surface area contributed by atoms with E-state index >= 15 is 0 Å². The van der Waals surface area contributed by atoms with Crippen molar-refractivity contribution < 1.29 is 9.90 Å². The molecule has 0 spiro atoms. The SMILES string of the molecule is Cc1ccc(C=C2CCCc3c2nc2ccc(C(=O)O)cn2c3=O)c(C)c1. The number of hydrogen-bond donors (Lipinski definition) is 1. The molecule has 0 aliphatic heterocycles. The van der Waals surface area contributed by atoms with Crippen molar-refractivity contribution in [1.82, 2.24) is 9.38 Å². The highest BCUT2D eigenvalue weighted by molar-refractivity contribution is 5.88. The molecule has 3 aromatic rings. The molecule has 136 valence electrons. The van der Waals surface area contributed by atoms with Crippen LogP contribution in [-0.2, 0) is 6.42 Å². The van der Waals surface area contributed by atoms with Crippen LogP contribution in [0.15, 0.2) is 41.3 Å². The van der Waals surface area contributed by atoms with E-state index in [-0.39, 0.29) is 11.1 Å². The van der Waals surface area contributed by atoms with Gasteiger partial charge in [-0.25, -0.2) is 9.78 Å². The molecule has 0 saturated carbocycles. The highest BCUT2D eigenvalue weighted by atomic mass is 16.4. The van der Waals surface area contributed by atoms with Crippen LogP contribution < -0.4 is 5.56 Å². The molecule has 5 heteroatoms. The van der Waals surface area contributed by atoms with Gasteiger partial charge in [-0.3, -0.25) is 9.20 Å². The molecule has 0 atom stereocenters. The summed E-state index contributed by atoms with van der Waals surface area (Å²) < 4.78 is 1.35. The van der Waals surface area contributed by atoms with Gasteiger partial charge in [-0.1, -0.05) is 23.8 Å². The van der Waals surface area contributed by atoms with E-state index in [0.29, 0.717) is 17.6 Å². The standard InChI is InChI=1S/C22H20N2O3/c1-13-6-7-15(14(2)10-13)11-16-4-3-5-18-20(16)23-19-9-8-17(22(26)27)12-24(19)21(18)25/h6-12H,3-5H2,1-2H3,(H,26,27). The summed E-state index contributed by atoms with van der Waals surface area (Å²) in [6.45, 7) is 4.15. The van der Waals surface area contributed by atoms with E-state index in [1.165, 1.54) is 27.8 Å². The molecule has 0 bridgehead atoms. The average Bonchev–Trinajstić information content (AvgIpc) is 2.64. The Morgan fingerprint density at radius 1 is 1.19 bits per heavy atom. The Bertz CT molecular complexity index is 1170. The minimum Gasteiger partial charge on any atom is -0.478 e. The minimum atomic E-state index is -1.06. The second kappa shape index (κ2) is 6.50. The maximum absolute atomic E-state index is 13.0. The van der Waals surface area contributed by atoms with Crippen molar-refractivity contribution in [3.05, 3.63) is 80.4 Å². The predicted molar refractivity (Wildman–Crippen MR) is 105 cm³/mol. The summed E-state index contributed by atoms with van der Waals surface area (Å²) >= 11 is 0. The zero-order valence-electron chi connectivity index (χ0n) is 15.3. The summed E-state index contributed by atoms with van der Waals surface area (Å²) in [6.07, 6.45) is 5.89. The van der Waals surface area contributed by atoms with Crippen LogP contribution in [0.1, 0.15) is 51.1 Å². The van der Waals surface area contributed by atoms with E-state index < -0.39 is 5.97 Å². The number of pyridine rings is 1. The summed E-state index contributed by atoms with van der Waals surface area (Å²) in [5.41, 5.74) is 6.38. The van der Waals surface area contributed by atoms with Crippen molar-refractivity contribution in [3.8, 4) is 0 Å². The Morgan fingerprint density at radius 2 is 2.00 bits per heavy atom. The van der Waals surface area contributed by atoms with Crippen LogP contribution in [0.3, 0.4) is 0 Å². The highest BCUT2D eigenvalue weighted by Crippen LogP contribution is 2.30. The number of aromatic nitrogens is 2. The van der Waals surface area contributed by atoms with Gasteiger partial charge in [0.25, 0.3) is 5.56 Å². The largest absolute Gasteiger partial charge is 0.478 e. The molecule has 0 radical (unpaired) electrons. The fourth-order valence-electron chi connectivity index (χ4n) is 3.68. The predicted octanol–water partition coefficient (Wildman–Crippen LogP) is 3.89. The van der Waals surface area contributed by atoms with E-state index in [1.807, 2.05) is 0 Å². The highest BCUT2D eigenvalue weighted by Gasteiger charge is 2.21. The van der Waals surface area contributed by atoms with E-state index in [2.05, 4.69) is 38.1 Å². The molecular formula is C22H20N2O3. The monoisotopic (exact) mass is 360 g/mol. The summed E-state index contributed by atoms with van der Waals surface area (Å²) in [7, 11) is 0. The number of nitrogens with zero attached hydrogens (tertiary/aromatic N) is 2. The van der Waals surface area contributed by atoms with Crippen molar-refractivity contribution in [3.63, 3.8) is 0 Å². The second-order valence-electron chi connectivity index (χ2n) is 7.08. The Kier molecular flexibility index (Phi) is 4.15. The van der Waals surface area contributed by atoms with Crippen LogP contribution in [0.2, 0.25) is 0 Å². The van der Waals surface area contributed by atoms with Gasteiger partial charge in [-0.05, 0) is 68.0 Å². The first-order chi connectivity index (χ1) is 12.9. The summed E-state index contributed by atoms with van der Waals surface area (Å²) in [5.74, 6) is -1.06. The van der Waals surface area contributed by atoms with Crippen molar-refractivity contribution in [1.29, 1.82) is 0 Å². The van der Waals surface area contributed by atoms with Gasteiger partial charge in [0.2, 0.25) is 0 Å². The first-order valence-corrected chi connectivity index (χ1v) is 9.01. The van der Waals surface area contributed by atoms with Crippen LogP contribution in [0, 0.1) is 13.8 Å². The molecule has 27 heavy (non-hydrogen) atoms. The number of rotatable bonds is 2. The fraction of sp³-hybridized carbons (Fsp3) is 0.227. The average molecular weight is 360 g/mol.